The molecule has 0 radical (unpaired) electrons. The van der Waals surface area contributed by atoms with Gasteiger partial charge in [0.05, 0.1) is 17.5 Å². The summed E-state index contributed by atoms with van der Waals surface area (Å²) in [5.41, 5.74) is 1.28. The van der Waals surface area contributed by atoms with Gasteiger partial charge >= 0.3 is 0 Å². The lowest BCUT2D eigenvalue weighted by atomic mass is 9.85. The Labute approximate surface area is 186 Å². The van der Waals surface area contributed by atoms with Crippen LogP contribution in [0.5, 0.6) is 0 Å². The number of hydrogen-bond acceptors (Lipinski definition) is 3. The summed E-state index contributed by atoms with van der Waals surface area (Å²) in [6.07, 6.45) is 16.8. The third kappa shape index (κ3) is 6.28. The summed E-state index contributed by atoms with van der Waals surface area (Å²) >= 11 is 0. The van der Waals surface area contributed by atoms with Gasteiger partial charge in [-0.2, -0.15) is 0 Å². The second-order valence-corrected chi connectivity index (χ2v) is 8.84. The topological polar surface area (TPSA) is 66.5 Å². The first-order chi connectivity index (χ1) is 15.1. The molecule has 168 valence electrons. The molecule has 1 aromatic rings. The number of nitrogens with one attached hydrogen (secondary N) is 1. The highest BCUT2D eigenvalue weighted by Crippen LogP contribution is 2.37. The number of amides is 3. The van der Waals surface area contributed by atoms with Crippen LogP contribution in [0.3, 0.4) is 0 Å². The van der Waals surface area contributed by atoms with Crippen LogP contribution in [-0.4, -0.2) is 17.7 Å². The van der Waals surface area contributed by atoms with Gasteiger partial charge in [0.25, 0.3) is 0 Å². The molecular weight excluding hydrogens is 388 g/mol. The highest BCUT2D eigenvalue weighted by Gasteiger charge is 2.47. The molecule has 1 N–H and O–H groups in total. The van der Waals surface area contributed by atoms with Crippen LogP contribution >= 0.6 is 0 Å². The number of hydrogen-bond donors (Lipinski definition) is 1. The number of fused-ring (bicyclic) bond motifs is 1. The van der Waals surface area contributed by atoms with Gasteiger partial charge in [0.15, 0.2) is 0 Å². The normalized spacial score (nSPS) is 20.2. The summed E-state index contributed by atoms with van der Waals surface area (Å²) in [5, 5.41) is 2.92. The number of anilines is 2. The van der Waals surface area contributed by atoms with Gasteiger partial charge in [0.2, 0.25) is 17.7 Å². The van der Waals surface area contributed by atoms with Crippen LogP contribution in [0.2, 0.25) is 0 Å². The third-order valence-electron chi connectivity index (χ3n) is 6.42. The molecule has 31 heavy (non-hydrogen) atoms. The van der Waals surface area contributed by atoms with E-state index < -0.39 is 0 Å². The largest absolute Gasteiger partial charge is 0.326 e. The first-order valence-corrected chi connectivity index (χ1v) is 12.0. The Bertz CT molecular complexity index is 758. The number of unbranched alkanes of at least 4 members (excludes halogenated alkanes) is 8. The summed E-state index contributed by atoms with van der Waals surface area (Å²) in [6, 6.07) is 7.03. The zero-order valence-corrected chi connectivity index (χ0v) is 18.8. The SMILES string of the molecule is CCCCCCCCCCCC(=O)Nc1ccc(N2C(=O)[C@H]3CC=CC[C@@H]3C2=O)cc1. The van der Waals surface area contributed by atoms with Crippen molar-refractivity contribution in [2.45, 2.75) is 84.0 Å². The van der Waals surface area contributed by atoms with E-state index in [1.165, 1.54) is 49.8 Å². The van der Waals surface area contributed by atoms with Crippen LogP contribution in [0.15, 0.2) is 36.4 Å². The number of allylic oxidation sites excluding steroid dienone is 2. The Kier molecular flexibility index (Phi) is 8.86. The van der Waals surface area contributed by atoms with Crippen LogP contribution in [0.4, 0.5) is 11.4 Å². The lowest BCUT2D eigenvalue weighted by molar-refractivity contribution is -0.122. The maximum Gasteiger partial charge on any atom is 0.238 e. The molecule has 5 heteroatoms. The average molecular weight is 425 g/mol. The minimum atomic E-state index is -0.229. The summed E-state index contributed by atoms with van der Waals surface area (Å²) in [4.78, 5) is 38.9. The van der Waals surface area contributed by atoms with Gasteiger partial charge in [-0.05, 0) is 43.5 Å². The van der Waals surface area contributed by atoms with E-state index in [0.29, 0.717) is 30.6 Å². The van der Waals surface area contributed by atoms with Crippen LogP contribution in [0, 0.1) is 11.8 Å². The van der Waals surface area contributed by atoms with Crippen molar-refractivity contribution in [2.75, 3.05) is 10.2 Å². The highest BCUT2D eigenvalue weighted by atomic mass is 16.2. The zero-order valence-electron chi connectivity index (χ0n) is 18.8. The molecule has 5 nitrogen and oxygen atoms in total. The van der Waals surface area contributed by atoms with E-state index in [-0.39, 0.29) is 29.6 Å². The van der Waals surface area contributed by atoms with Crippen molar-refractivity contribution < 1.29 is 14.4 Å². The van der Waals surface area contributed by atoms with E-state index >= 15 is 0 Å². The summed E-state index contributed by atoms with van der Waals surface area (Å²) < 4.78 is 0. The molecule has 0 unspecified atom stereocenters. The standard InChI is InChI=1S/C26H36N2O3/c1-2-3-4-5-6-7-8-9-10-15-24(29)27-20-16-18-21(19-17-20)28-25(30)22-13-11-12-14-23(22)26(28)31/h11-12,16-19,22-23H,2-10,13-15H2,1H3,(H,27,29)/t22-,23-/m0/s1. The third-order valence-corrected chi connectivity index (χ3v) is 6.42. The first kappa shape index (κ1) is 23.2. The number of rotatable bonds is 12. The van der Waals surface area contributed by atoms with Crippen LogP contribution < -0.4 is 10.2 Å². The van der Waals surface area contributed by atoms with Gasteiger partial charge < -0.3 is 5.32 Å². The van der Waals surface area contributed by atoms with Gasteiger partial charge in [0, 0.05) is 12.1 Å². The van der Waals surface area contributed by atoms with Gasteiger partial charge in [-0.15, -0.1) is 0 Å². The van der Waals surface area contributed by atoms with Crippen LogP contribution in [0.25, 0.3) is 0 Å². The second kappa shape index (κ2) is 11.8. The molecule has 1 saturated heterocycles. The van der Waals surface area contributed by atoms with E-state index in [1.807, 2.05) is 12.2 Å². The highest BCUT2D eigenvalue weighted by molar-refractivity contribution is 6.22. The van der Waals surface area contributed by atoms with E-state index in [4.69, 9.17) is 0 Å². The van der Waals surface area contributed by atoms with Crippen molar-refractivity contribution in [3.8, 4) is 0 Å². The maximum atomic E-state index is 12.7. The van der Waals surface area contributed by atoms with Gasteiger partial charge in [-0.1, -0.05) is 70.4 Å². The lowest BCUT2D eigenvalue weighted by Crippen LogP contribution is -2.30. The summed E-state index contributed by atoms with van der Waals surface area (Å²) in [6.45, 7) is 2.23. The van der Waals surface area contributed by atoms with Crippen molar-refractivity contribution in [2.24, 2.45) is 11.8 Å². The molecule has 3 amide bonds. The smallest absolute Gasteiger partial charge is 0.238 e. The van der Waals surface area contributed by atoms with Crippen molar-refractivity contribution in [3.63, 3.8) is 0 Å². The maximum absolute atomic E-state index is 12.7. The van der Waals surface area contributed by atoms with Gasteiger partial charge in [0.1, 0.15) is 0 Å². The minimum Gasteiger partial charge on any atom is -0.326 e. The van der Waals surface area contributed by atoms with Gasteiger partial charge in [-0.3, -0.25) is 19.3 Å². The van der Waals surface area contributed by atoms with E-state index in [2.05, 4.69) is 12.2 Å². The molecule has 1 aromatic carbocycles. The average Bonchev–Trinajstić information content (AvgIpc) is 3.04. The quantitative estimate of drug-likeness (QED) is 0.254. The zero-order chi connectivity index (χ0) is 22.1. The molecule has 0 saturated carbocycles. The Morgan fingerprint density at radius 2 is 1.35 bits per heavy atom. The number of benzene rings is 1. The predicted molar refractivity (Wildman–Crippen MR) is 125 cm³/mol. The summed E-state index contributed by atoms with van der Waals surface area (Å²) in [7, 11) is 0. The fourth-order valence-electron chi connectivity index (χ4n) is 4.57. The molecule has 3 rings (SSSR count). The second-order valence-electron chi connectivity index (χ2n) is 8.84. The number of imide groups is 1. The molecule has 0 spiro atoms. The lowest BCUT2D eigenvalue weighted by Gasteiger charge is -2.15. The Morgan fingerprint density at radius 1 is 0.839 bits per heavy atom. The fourth-order valence-corrected chi connectivity index (χ4v) is 4.57. The van der Waals surface area contributed by atoms with E-state index in [0.717, 1.165) is 12.8 Å². The molecule has 0 bridgehead atoms. The summed E-state index contributed by atoms with van der Waals surface area (Å²) in [5.74, 6) is -0.662. The van der Waals surface area contributed by atoms with Crippen molar-refractivity contribution in [3.05, 3.63) is 36.4 Å². The molecular formula is C26H36N2O3. The molecule has 2 atom stereocenters. The fraction of sp³-hybridized carbons (Fsp3) is 0.577. The van der Waals surface area contributed by atoms with Crippen molar-refractivity contribution in [1.29, 1.82) is 0 Å². The molecule has 1 aliphatic heterocycles. The monoisotopic (exact) mass is 424 g/mol. The van der Waals surface area contributed by atoms with Crippen LogP contribution in [-0.2, 0) is 14.4 Å². The molecule has 1 fully saturated rings. The van der Waals surface area contributed by atoms with Crippen molar-refractivity contribution >= 4 is 29.1 Å². The first-order valence-electron chi connectivity index (χ1n) is 12.0. The Morgan fingerprint density at radius 3 is 1.90 bits per heavy atom. The number of carbonyl (C=O) groups is 3. The molecule has 0 aromatic heterocycles. The Hall–Kier alpha value is -2.43. The van der Waals surface area contributed by atoms with E-state index in [1.54, 1.807) is 24.3 Å². The van der Waals surface area contributed by atoms with Crippen molar-refractivity contribution in [1.82, 2.24) is 0 Å². The molecule has 1 heterocycles. The number of carbonyl (C=O) groups excluding carboxylic acids is 3. The van der Waals surface area contributed by atoms with E-state index in [9.17, 15) is 14.4 Å². The number of nitrogens with zero attached hydrogens (tertiary/aromatic N) is 1. The predicted octanol–water partition coefficient (Wildman–Crippen LogP) is 6.00. The molecule has 2 aliphatic rings. The minimum absolute atomic E-state index is 0.0149. The Balaban J connectivity index is 1.38. The van der Waals surface area contributed by atoms with Gasteiger partial charge in [-0.25, -0.2) is 0 Å². The van der Waals surface area contributed by atoms with Crippen LogP contribution in [0.1, 0.15) is 84.0 Å². The molecule has 1 aliphatic carbocycles.